The third-order valence-electron chi connectivity index (χ3n) is 1.90. The van der Waals surface area contributed by atoms with Gasteiger partial charge < -0.3 is 5.32 Å². The third-order valence-corrected chi connectivity index (χ3v) is 2.89. The van der Waals surface area contributed by atoms with Crippen LogP contribution in [0.15, 0.2) is 24.3 Å². The van der Waals surface area contributed by atoms with E-state index in [0.717, 1.165) is 15.7 Å². The summed E-state index contributed by atoms with van der Waals surface area (Å²) in [6, 6.07) is 9.37. The smallest absolute Gasteiger partial charge is 0.205 e. The first-order valence-corrected chi connectivity index (χ1v) is 5.17. The molecular weight excluding hydrogens is 208 g/mol. The Morgan fingerprint density at radius 3 is 2.53 bits per heavy atom. The quantitative estimate of drug-likeness (QED) is 0.835. The van der Waals surface area contributed by atoms with Gasteiger partial charge in [0.2, 0.25) is 5.13 Å². The second-order valence-electron chi connectivity index (χ2n) is 2.85. The Labute approximate surface area is 91.2 Å². The minimum Gasteiger partial charge on any atom is -0.363 e. The van der Waals surface area contributed by atoms with Crippen molar-refractivity contribution in [3.8, 4) is 16.6 Å². The number of hydrogen-bond acceptors (Lipinski definition) is 5. The van der Waals surface area contributed by atoms with E-state index in [2.05, 4.69) is 21.6 Å². The second-order valence-corrected chi connectivity index (χ2v) is 3.83. The van der Waals surface area contributed by atoms with Gasteiger partial charge in [-0.05, 0) is 12.1 Å². The first-order valence-electron chi connectivity index (χ1n) is 4.35. The van der Waals surface area contributed by atoms with Crippen molar-refractivity contribution in [2.45, 2.75) is 0 Å². The molecule has 0 saturated heterocycles. The summed E-state index contributed by atoms with van der Waals surface area (Å²) in [6.07, 6.45) is 0. The van der Waals surface area contributed by atoms with Gasteiger partial charge in [0.25, 0.3) is 0 Å². The molecule has 1 heterocycles. The molecule has 0 aliphatic rings. The van der Waals surface area contributed by atoms with Gasteiger partial charge in [0, 0.05) is 12.6 Å². The van der Waals surface area contributed by atoms with Crippen molar-refractivity contribution < 1.29 is 0 Å². The van der Waals surface area contributed by atoms with E-state index < -0.39 is 0 Å². The van der Waals surface area contributed by atoms with Gasteiger partial charge in [-0.1, -0.05) is 23.5 Å². The van der Waals surface area contributed by atoms with Crippen molar-refractivity contribution in [1.29, 1.82) is 5.26 Å². The highest BCUT2D eigenvalue weighted by Gasteiger charge is 2.04. The van der Waals surface area contributed by atoms with Crippen LogP contribution in [-0.4, -0.2) is 17.2 Å². The first kappa shape index (κ1) is 9.62. The molecule has 1 aromatic heterocycles. The molecule has 0 unspecified atom stereocenters. The highest BCUT2D eigenvalue weighted by Crippen LogP contribution is 2.25. The van der Waals surface area contributed by atoms with Crippen molar-refractivity contribution in [2.24, 2.45) is 0 Å². The van der Waals surface area contributed by atoms with Crippen LogP contribution in [0.4, 0.5) is 5.13 Å². The third kappa shape index (κ3) is 1.95. The number of nitrogens with zero attached hydrogens (tertiary/aromatic N) is 3. The SMILES string of the molecule is CNc1nnc(-c2ccc(C#N)cc2)s1. The molecule has 5 heteroatoms. The van der Waals surface area contributed by atoms with Crippen molar-refractivity contribution in [3.05, 3.63) is 29.8 Å². The molecule has 0 aliphatic carbocycles. The number of benzene rings is 1. The summed E-state index contributed by atoms with van der Waals surface area (Å²) >= 11 is 1.48. The van der Waals surface area contributed by atoms with E-state index in [-0.39, 0.29) is 0 Å². The van der Waals surface area contributed by atoms with Crippen molar-refractivity contribution in [2.75, 3.05) is 12.4 Å². The summed E-state index contributed by atoms with van der Waals surface area (Å²) in [6.45, 7) is 0. The maximum atomic E-state index is 8.66. The predicted octanol–water partition coefficient (Wildman–Crippen LogP) is 2.12. The predicted molar refractivity (Wildman–Crippen MR) is 59.6 cm³/mol. The molecule has 2 rings (SSSR count). The number of nitriles is 1. The van der Waals surface area contributed by atoms with Gasteiger partial charge >= 0.3 is 0 Å². The lowest BCUT2D eigenvalue weighted by Gasteiger charge is -1.93. The zero-order chi connectivity index (χ0) is 10.7. The zero-order valence-electron chi connectivity index (χ0n) is 8.06. The van der Waals surface area contributed by atoms with E-state index in [0.29, 0.717) is 5.56 Å². The molecule has 74 valence electrons. The Kier molecular flexibility index (Phi) is 2.61. The number of nitrogens with one attached hydrogen (secondary N) is 1. The van der Waals surface area contributed by atoms with Crippen molar-refractivity contribution in [1.82, 2.24) is 10.2 Å². The largest absolute Gasteiger partial charge is 0.363 e. The number of aromatic nitrogens is 2. The summed E-state index contributed by atoms with van der Waals surface area (Å²) in [5.41, 5.74) is 1.63. The van der Waals surface area contributed by atoms with Crippen molar-refractivity contribution in [3.63, 3.8) is 0 Å². The molecule has 15 heavy (non-hydrogen) atoms. The van der Waals surface area contributed by atoms with Gasteiger partial charge in [-0.2, -0.15) is 5.26 Å². The summed E-state index contributed by atoms with van der Waals surface area (Å²) < 4.78 is 0. The first-order chi connectivity index (χ1) is 7.33. The average Bonchev–Trinajstić information content (AvgIpc) is 2.78. The standard InChI is InChI=1S/C10H8N4S/c1-12-10-14-13-9(15-10)8-4-2-7(6-11)3-5-8/h2-5H,1H3,(H,12,14). The van der Waals surface area contributed by atoms with Crippen LogP contribution in [0.1, 0.15) is 5.56 Å². The Morgan fingerprint density at radius 1 is 1.27 bits per heavy atom. The molecule has 0 spiro atoms. The Hall–Kier alpha value is -1.93. The van der Waals surface area contributed by atoms with Crippen LogP contribution in [0.5, 0.6) is 0 Å². The normalized spacial score (nSPS) is 9.60. The molecule has 1 N–H and O–H groups in total. The molecular formula is C10H8N4S. The highest BCUT2D eigenvalue weighted by atomic mass is 32.1. The lowest BCUT2D eigenvalue weighted by molar-refractivity contribution is 1.09. The summed E-state index contributed by atoms with van der Waals surface area (Å²) in [4.78, 5) is 0. The van der Waals surface area contributed by atoms with Gasteiger partial charge in [-0.3, -0.25) is 0 Å². The molecule has 0 fully saturated rings. The Balaban J connectivity index is 2.33. The zero-order valence-corrected chi connectivity index (χ0v) is 8.88. The Morgan fingerprint density at radius 2 is 2.00 bits per heavy atom. The molecule has 0 aliphatic heterocycles. The molecule has 0 bridgehead atoms. The van der Waals surface area contributed by atoms with Crippen LogP contribution in [0.2, 0.25) is 0 Å². The monoisotopic (exact) mass is 216 g/mol. The van der Waals surface area contributed by atoms with E-state index in [9.17, 15) is 0 Å². The van der Waals surface area contributed by atoms with E-state index >= 15 is 0 Å². The maximum Gasteiger partial charge on any atom is 0.205 e. The molecule has 1 aromatic carbocycles. The molecule has 2 aromatic rings. The summed E-state index contributed by atoms with van der Waals surface area (Å²) in [5, 5.41) is 21.2. The topological polar surface area (TPSA) is 61.6 Å². The van der Waals surface area contributed by atoms with Gasteiger partial charge in [0.15, 0.2) is 0 Å². The lowest BCUT2D eigenvalue weighted by Crippen LogP contribution is -1.84. The number of rotatable bonds is 2. The van der Waals surface area contributed by atoms with Gasteiger partial charge in [0.1, 0.15) is 5.01 Å². The van der Waals surface area contributed by atoms with Crippen LogP contribution >= 0.6 is 11.3 Å². The van der Waals surface area contributed by atoms with Crippen LogP contribution in [0.25, 0.3) is 10.6 Å². The van der Waals surface area contributed by atoms with E-state index in [4.69, 9.17) is 5.26 Å². The maximum absolute atomic E-state index is 8.66. The Bertz CT molecular complexity index is 495. The minimum atomic E-state index is 0.650. The molecule has 0 radical (unpaired) electrons. The molecule has 0 atom stereocenters. The van der Waals surface area contributed by atoms with Crippen LogP contribution in [0.3, 0.4) is 0 Å². The van der Waals surface area contributed by atoms with Crippen LogP contribution in [-0.2, 0) is 0 Å². The number of hydrogen-bond donors (Lipinski definition) is 1. The average molecular weight is 216 g/mol. The number of anilines is 1. The van der Waals surface area contributed by atoms with Gasteiger partial charge in [-0.25, -0.2) is 0 Å². The van der Waals surface area contributed by atoms with Crippen LogP contribution < -0.4 is 5.32 Å². The minimum absolute atomic E-state index is 0.650. The second kappa shape index (κ2) is 4.07. The molecule has 0 amide bonds. The summed E-state index contributed by atoms with van der Waals surface area (Å²) in [5.74, 6) is 0. The fraction of sp³-hybridized carbons (Fsp3) is 0.100. The fourth-order valence-corrected chi connectivity index (χ4v) is 1.83. The van der Waals surface area contributed by atoms with E-state index in [1.807, 2.05) is 19.2 Å². The lowest BCUT2D eigenvalue weighted by atomic mass is 10.2. The van der Waals surface area contributed by atoms with Gasteiger partial charge in [0.05, 0.1) is 11.6 Å². The van der Waals surface area contributed by atoms with E-state index in [1.54, 1.807) is 12.1 Å². The fourth-order valence-electron chi connectivity index (χ4n) is 1.13. The van der Waals surface area contributed by atoms with Crippen molar-refractivity contribution >= 4 is 16.5 Å². The highest BCUT2D eigenvalue weighted by molar-refractivity contribution is 7.18. The molecule has 0 saturated carbocycles. The molecule has 4 nitrogen and oxygen atoms in total. The summed E-state index contributed by atoms with van der Waals surface area (Å²) in [7, 11) is 1.81. The van der Waals surface area contributed by atoms with Gasteiger partial charge in [-0.15, -0.1) is 10.2 Å². The van der Waals surface area contributed by atoms with Crippen LogP contribution in [0, 0.1) is 11.3 Å². The van der Waals surface area contributed by atoms with E-state index in [1.165, 1.54) is 11.3 Å².